The van der Waals surface area contributed by atoms with Gasteiger partial charge in [-0.25, -0.2) is 0 Å². The van der Waals surface area contributed by atoms with Gasteiger partial charge in [0.25, 0.3) is 5.89 Å². The molecule has 0 bridgehead atoms. The average molecular weight is 292 g/mol. The molecule has 3 rings (SSSR count). The topological polar surface area (TPSA) is 56.0 Å². The van der Waals surface area contributed by atoms with Crippen molar-refractivity contribution in [3.05, 3.63) is 59.7 Å². The zero-order valence-electron chi connectivity index (χ0n) is 12.5. The number of carbonyl (C=O) groups excluding carboxylic acids is 1. The van der Waals surface area contributed by atoms with Gasteiger partial charge in [0.2, 0.25) is 5.82 Å². The molecule has 4 heteroatoms. The molecule has 0 unspecified atom stereocenters. The predicted octanol–water partition coefficient (Wildman–Crippen LogP) is 4.34. The Morgan fingerprint density at radius 3 is 2.18 bits per heavy atom. The average Bonchev–Trinajstić information content (AvgIpc) is 3.05. The van der Waals surface area contributed by atoms with E-state index in [0.29, 0.717) is 23.2 Å². The van der Waals surface area contributed by atoms with Gasteiger partial charge in [-0.3, -0.25) is 4.79 Å². The van der Waals surface area contributed by atoms with Gasteiger partial charge in [0.15, 0.2) is 0 Å². The molecule has 0 atom stereocenters. The van der Waals surface area contributed by atoms with Crippen molar-refractivity contribution in [2.24, 2.45) is 0 Å². The molecule has 0 N–H and O–H groups in total. The summed E-state index contributed by atoms with van der Waals surface area (Å²) in [5, 5.41) is 4.00. The fourth-order valence-electron chi connectivity index (χ4n) is 2.18. The summed E-state index contributed by atoms with van der Waals surface area (Å²) < 4.78 is 5.33. The highest BCUT2D eigenvalue weighted by molar-refractivity contribution is 5.76. The third kappa shape index (κ3) is 2.81. The number of benzene rings is 2. The standard InChI is InChI=1S/C18H16N2O2/c1-12(2)14-7-9-16(10-8-14)18-19-17(20-22-18)15-5-3-13(11-21)4-6-15/h3-12H,1-2H3. The van der Waals surface area contributed by atoms with Crippen molar-refractivity contribution in [2.45, 2.75) is 19.8 Å². The Hall–Kier alpha value is -2.75. The fraction of sp³-hybridized carbons (Fsp3) is 0.167. The van der Waals surface area contributed by atoms with Crippen molar-refractivity contribution >= 4 is 6.29 Å². The van der Waals surface area contributed by atoms with E-state index in [9.17, 15) is 4.79 Å². The number of nitrogens with zero attached hydrogens (tertiary/aromatic N) is 2. The monoisotopic (exact) mass is 292 g/mol. The predicted molar refractivity (Wildman–Crippen MR) is 84.6 cm³/mol. The van der Waals surface area contributed by atoms with Crippen LogP contribution in [0.25, 0.3) is 22.8 Å². The van der Waals surface area contributed by atoms with Crippen molar-refractivity contribution in [1.29, 1.82) is 0 Å². The minimum atomic E-state index is 0.489. The van der Waals surface area contributed by atoms with E-state index < -0.39 is 0 Å². The molecule has 1 heterocycles. The Morgan fingerprint density at radius 2 is 1.59 bits per heavy atom. The first kappa shape index (κ1) is 14.2. The molecule has 0 aliphatic carbocycles. The van der Waals surface area contributed by atoms with Gasteiger partial charge in [0, 0.05) is 16.7 Å². The molecule has 0 amide bonds. The smallest absolute Gasteiger partial charge is 0.258 e. The summed E-state index contributed by atoms with van der Waals surface area (Å²) in [6.07, 6.45) is 0.807. The second-order valence-electron chi connectivity index (χ2n) is 5.44. The lowest BCUT2D eigenvalue weighted by molar-refractivity contribution is 0.112. The van der Waals surface area contributed by atoms with Crippen molar-refractivity contribution in [2.75, 3.05) is 0 Å². The highest BCUT2D eigenvalue weighted by Gasteiger charge is 2.11. The molecule has 0 radical (unpaired) electrons. The molecule has 0 saturated carbocycles. The molecule has 0 aliphatic rings. The van der Waals surface area contributed by atoms with E-state index in [1.807, 2.05) is 12.1 Å². The van der Waals surface area contributed by atoms with Gasteiger partial charge in [-0.15, -0.1) is 0 Å². The van der Waals surface area contributed by atoms with Gasteiger partial charge in [-0.05, 0) is 23.6 Å². The number of hydrogen-bond acceptors (Lipinski definition) is 4. The zero-order valence-corrected chi connectivity index (χ0v) is 12.5. The Kier molecular flexibility index (Phi) is 3.83. The van der Waals surface area contributed by atoms with Gasteiger partial charge in [-0.1, -0.05) is 55.4 Å². The second-order valence-corrected chi connectivity index (χ2v) is 5.44. The minimum Gasteiger partial charge on any atom is -0.334 e. The maximum absolute atomic E-state index is 10.7. The number of aldehydes is 1. The van der Waals surface area contributed by atoms with Gasteiger partial charge < -0.3 is 4.52 Å². The van der Waals surface area contributed by atoms with Crippen molar-refractivity contribution in [3.63, 3.8) is 0 Å². The molecule has 22 heavy (non-hydrogen) atoms. The lowest BCUT2D eigenvalue weighted by atomic mass is 10.0. The van der Waals surface area contributed by atoms with E-state index in [1.54, 1.807) is 24.3 Å². The lowest BCUT2D eigenvalue weighted by Gasteiger charge is -2.04. The molecule has 0 saturated heterocycles. The number of hydrogen-bond donors (Lipinski definition) is 0. The van der Waals surface area contributed by atoms with Gasteiger partial charge in [0.1, 0.15) is 6.29 Å². The maximum Gasteiger partial charge on any atom is 0.258 e. The van der Waals surface area contributed by atoms with Gasteiger partial charge in [-0.2, -0.15) is 4.98 Å². The van der Waals surface area contributed by atoms with Gasteiger partial charge >= 0.3 is 0 Å². The second kappa shape index (κ2) is 5.93. The third-order valence-corrected chi connectivity index (χ3v) is 3.56. The van der Waals surface area contributed by atoms with E-state index in [-0.39, 0.29) is 0 Å². The molecule has 110 valence electrons. The Labute approximate surface area is 128 Å². The van der Waals surface area contributed by atoms with E-state index in [4.69, 9.17) is 4.52 Å². The van der Waals surface area contributed by atoms with Crippen molar-refractivity contribution < 1.29 is 9.32 Å². The van der Waals surface area contributed by atoms with Crippen LogP contribution in [0.2, 0.25) is 0 Å². The summed E-state index contributed by atoms with van der Waals surface area (Å²) in [5.74, 6) is 1.49. The quantitative estimate of drug-likeness (QED) is 0.671. The first-order valence-electron chi connectivity index (χ1n) is 7.17. The zero-order chi connectivity index (χ0) is 15.5. The molecular formula is C18H16N2O2. The first-order valence-corrected chi connectivity index (χ1v) is 7.17. The maximum atomic E-state index is 10.7. The number of aromatic nitrogens is 2. The van der Waals surface area contributed by atoms with Crippen LogP contribution in [-0.2, 0) is 0 Å². The molecule has 4 nitrogen and oxygen atoms in total. The summed E-state index contributed by atoms with van der Waals surface area (Å²) in [5.41, 5.74) is 3.61. The Morgan fingerprint density at radius 1 is 0.955 bits per heavy atom. The Bertz CT molecular complexity index is 772. The van der Waals surface area contributed by atoms with Crippen LogP contribution in [0.4, 0.5) is 0 Å². The van der Waals surface area contributed by atoms with Crippen LogP contribution in [0.15, 0.2) is 53.1 Å². The van der Waals surface area contributed by atoms with E-state index >= 15 is 0 Å². The summed E-state index contributed by atoms with van der Waals surface area (Å²) >= 11 is 0. The first-order chi connectivity index (χ1) is 10.7. The largest absolute Gasteiger partial charge is 0.334 e. The van der Waals surface area contributed by atoms with Crippen molar-refractivity contribution in [1.82, 2.24) is 10.1 Å². The molecule has 0 spiro atoms. The van der Waals surface area contributed by atoms with Crippen LogP contribution < -0.4 is 0 Å². The molecular weight excluding hydrogens is 276 g/mol. The summed E-state index contributed by atoms with van der Waals surface area (Å²) in [6, 6.07) is 15.2. The Balaban J connectivity index is 1.87. The molecule has 3 aromatic rings. The third-order valence-electron chi connectivity index (χ3n) is 3.56. The van der Waals surface area contributed by atoms with E-state index in [1.165, 1.54) is 5.56 Å². The SMILES string of the molecule is CC(C)c1ccc(-c2nc(-c3ccc(C=O)cc3)no2)cc1. The van der Waals surface area contributed by atoms with Crippen LogP contribution in [0.3, 0.4) is 0 Å². The van der Waals surface area contributed by atoms with Crippen LogP contribution in [0, 0.1) is 0 Å². The number of rotatable bonds is 4. The summed E-state index contributed by atoms with van der Waals surface area (Å²) in [6.45, 7) is 4.31. The summed E-state index contributed by atoms with van der Waals surface area (Å²) in [4.78, 5) is 15.1. The summed E-state index contributed by atoms with van der Waals surface area (Å²) in [7, 11) is 0. The lowest BCUT2D eigenvalue weighted by Crippen LogP contribution is -1.87. The van der Waals surface area contributed by atoms with Crippen molar-refractivity contribution in [3.8, 4) is 22.8 Å². The number of carbonyl (C=O) groups is 1. The molecule has 1 aromatic heterocycles. The highest BCUT2D eigenvalue weighted by Crippen LogP contribution is 2.24. The van der Waals surface area contributed by atoms with E-state index in [2.05, 4.69) is 36.1 Å². The van der Waals surface area contributed by atoms with E-state index in [0.717, 1.165) is 17.4 Å². The van der Waals surface area contributed by atoms with Crippen LogP contribution in [-0.4, -0.2) is 16.4 Å². The minimum absolute atomic E-state index is 0.489. The fourth-order valence-corrected chi connectivity index (χ4v) is 2.18. The van der Waals surface area contributed by atoms with Crippen LogP contribution >= 0.6 is 0 Å². The highest BCUT2D eigenvalue weighted by atomic mass is 16.5. The van der Waals surface area contributed by atoms with Crippen LogP contribution in [0.1, 0.15) is 35.7 Å². The van der Waals surface area contributed by atoms with Gasteiger partial charge in [0.05, 0.1) is 0 Å². The normalized spacial score (nSPS) is 10.9. The molecule has 0 fully saturated rings. The molecule has 2 aromatic carbocycles. The van der Waals surface area contributed by atoms with Crippen LogP contribution in [0.5, 0.6) is 0 Å². The molecule has 0 aliphatic heterocycles.